The number of fused-ring (bicyclic) bond motifs is 1. The minimum absolute atomic E-state index is 0.00607. The van der Waals surface area contributed by atoms with Crippen molar-refractivity contribution < 1.29 is 44.2 Å². The molecular formula is C20H18O10. The fourth-order valence-electron chi connectivity index (χ4n) is 2.86. The zero-order valence-corrected chi connectivity index (χ0v) is 15.9. The van der Waals surface area contributed by atoms with E-state index in [1.807, 2.05) is 0 Å². The summed E-state index contributed by atoms with van der Waals surface area (Å²) in [7, 11) is 1.20. The first kappa shape index (κ1) is 20.6. The van der Waals surface area contributed by atoms with Gasteiger partial charge in [0, 0.05) is 17.7 Å². The normalized spacial score (nSPS) is 11.9. The Morgan fingerprint density at radius 1 is 1.00 bits per heavy atom. The standard InChI is InChI=1S/C20H18O10/c1-3-13(20(27)28-2)29-9-6-10(21)15-14(7-9)30-19(18(26)17(15)25)8-4-11(22)16(24)12(23)5-8/h4-7,13,21-24,26H,3H2,1-2H3. The quantitative estimate of drug-likeness (QED) is 0.306. The lowest BCUT2D eigenvalue weighted by Crippen LogP contribution is -2.27. The first-order valence-electron chi connectivity index (χ1n) is 8.70. The molecule has 0 amide bonds. The Morgan fingerprint density at radius 3 is 2.20 bits per heavy atom. The average Bonchev–Trinajstić information content (AvgIpc) is 2.71. The molecule has 3 rings (SSSR count). The second-order valence-corrected chi connectivity index (χ2v) is 6.33. The van der Waals surface area contributed by atoms with Gasteiger partial charge in [-0.1, -0.05) is 6.92 Å². The van der Waals surface area contributed by atoms with E-state index in [1.165, 1.54) is 13.2 Å². The summed E-state index contributed by atoms with van der Waals surface area (Å²) in [5.41, 5.74) is -1.30. The molecule has 158 valence electrons. The second-order valence-electron chi connectivity index (χ2n) is 6.33. The van der Waals surface area contributed by atoms with Crippen LogP contribution in [0.5, 0.6) is 34.5 Å². The van der Waals surface area contributed by atoms with Gasteiger partial charge in [0.15, 0.2) is 29.1 Å². The summed E-state index contributed by atoms with van der Waals surface area (Å²) in [5, 5.41) is 49.0. The van der Waals surface area contributed by atoms with Crippen molar-refractivity contribution in [2.24, 2.45) is 0 Å². The predicted octanol–water partition coefficient (Wildman–Crippen LogP) is 2.32. The van der Waals surface area contributed by atoms with Crippen LogP contribution < -0.4 is 10.2 Å². The van der Waals surface area contributed by atoms with Crippen LogP contribution in [0.25, 0.3) is 22.3 Å². The van der Waals surface area contributed by atoms with Gasteiger partial charge in [0.1, 0.15) is 22.5 Å². The fraction of sp³-hybridized carbons (Fsp3) is 0.200. The fourth-order valence-corrected chi connectivity index (χ4v) is 2.86. The Morgan fingerprint density at radius 2 is 1.63 bits per heavy atom. The molecule has 1 atom stereocenters. The zero-order valence-electron chi connectivity index (χ0n) is 15.9. The van der Waals surface area contributed by atoms with E-state index < -0.39 is 52.0 Å². The van der Waals surface area contributed by atoms with E-state index in [1.54, 1.807) is 6.92 Å². The van der Waals surface area contributed by atoms with Crippen LogP contribution in [-0.2, 0) is 9.53 Å². The number of methoxy groups -OCH3 is 1. The molecule has 0 fully saturated rings. The van der Waals surface area contributed by atoms with Crippen molar-refractivity contribution in [3.8, 4) is 45.8 Å². The lowest BCUT2D eigenvalue weighted by Gasteiger charge is -2.16. The summed E-state index contributed by atoms with van der Waals surface area (Å²) in [6.45, 7) is 1.68. The van der Waals surface area contributed by atoms with E-state index >= 15 is 0 Å². The Bertz CT molecular complexity index is 1170. The van der Waals surface area contributed by atoms with Gasteiger partial charge in [-0.3, -0.25) is 4.79 Å². The molecule has 1 unspecified atom stereocenters. The number of aromatic hydroxyl groups is 5. The van der Waals surface area contributed by atoms with Crippen molar-refractivity contribution in [2.45, 2.75) is 19.4 Å². The highest BCUT2D eigenvalue weighted by molar-refractivity contribution is 5.88. The highest BCUT2D eigenvalue weighted by Crippen LogP contribution is 2.42. The summed E-state index contributed by atoms with van der Waals surface area (Å²) >= 11 is 0. The molecule has 0 bridgehead atoms. The number of ether oxygens (including phenoxy) is 2. The van der Waals surface area contributed by atoms with Gasteiger partial charge >= 0.3 is 5.97 Å². The molecule has 3 aromatic rings. The number of esters is 1. The van der Waals surface area contributed by atoms with Crippen LogP contribution in [0.3, 0.4) is 0 Å². The molecule has 1 heterocycles. The molecule has 0 spiro atoms. The maximum atomic E-state index is 12.6. The summed E-state index contributed by atoms with van der Waals surface area (Å²) in [5.74, 6) is -4.75. The lowest BCUT2D eigenvalue weighted by molar-refractivity contribution is -0.148. The number of hydrogen-bond acceptors (Lipinski definition) is 10. The maximum absolute atomic E-state index is 12.6. The van der Waals surface area contributed by atoms with Crippen molar-refractivity contribution in [3.63, 3.8) is 0 Å². The minimum atomic E-state index is -0.984. The third kappa shape index (κ3) is 3.50. The monoisotopic (exact) mass is 418 g/mol. The molecule has 2 aromatic carbocycles. The molecule has 30 heavy (non-hydrogen) atoms. The Kier molecular flexibility index (Phi) is 5.33. The van der Waals surface area contributed by atoms with Crippen LogP contribution in [0.2, 0.25) is 0 Å². The predicted molar refractivity (Wildman–Crippen MR) is 103 cm³/mol. The van der Waals surface area contributed by atoms with Crippen molar-refractivity contribution in [1.29, 1.82) is 0 Å². The van der Waals surface area contributed by atoms with Crippen LogP contribution in [0.15, 0.2) is 33.5 Å². The summed E-state index contributed by atoms with van der Waals surface area (Å²) in [6, 6.07) is 4.24. The molecule has 0 saturated heterocycles. The second kappa shape index (κ2) is 7.74. The van der Waals surface area contributed by atoms with Gasteiger partial charge in [-0.15, -0.1) is 0 Å². The maximum Gasteiger partial charge on any atom is 0.347 e. The number of carbonyl (C=O) groups excluding carboxylic acids is 1. The number of carbonyl (C=O) groups is 1. The van der Waals surface area contributed by atoms with Gasteiger partial charge < -0.3 is 39.4 Å². The molecule has 0 saturated carbocycles. The Labute approximate surface area is 168 Å². The molecule has 0 radical (unpaired) electrons. The highest BCUT2D eigenvalue weighted by Gasteiger charge is 2.23. The van der Waals surface area contributed by atoms with Crippen LogP contribution in [-0.4, -0.2) is 44.7 Å². The largest absolute Gasteiger partial charge is 0.507 e. The summed E-state index contributed by atoms with van der Waals surface area (Å²) in [4.78, 5) is 24.3. The Hall–Kier alpha value is -4.08. The van der Waals surface area contributed by atoms with Gasteiger partial charge in [0.05, 0.1) is 7.11 Å². The van der Waals surface area contributed by atoms with Gasteiger partial charge in [-0.25, -0.2) is 4.79 Å². The number of phenolic OH excluding ortho intramolecular Hbond substituents is 4. The number of rotatable bonds is 5. The van der Waals surface area contributed by atoms with E-state index in [9.17, 15) is 35.1 Å². The van der Waals surface area contributed by atoms with Gasteiger partial charge in [-0.2, -0.15) is 0 Å². The smallest absolute Gasteiger partial charge is 0.347 e. The van der Waals surface area contributed by atoms with E-state index in [2.05, 4.69) is 4.74 Å². The molecule has 0 aliphatic carbocycles. The van der Waals surface area contributed by atoms with Crippen molar-refractivity contribution in [3.05, 3.63) is 34.5 Å². The zero-order chi connectivity index (χ0) is 22.2. The number of benzene rings is 2. The molecular weight excluding hydrogens is 400 g/mol. The molecule has 10 nitrogen and oxygen atoms in total. The van der Waals surface area contributed by atoms with Crippen molar-refractivity contribution in [1.82, 2.24) is 0 Å². The van der Waals surface area contributed by atoms with Crippen LogP contribution in [0, 0.1) is 0 Å². The lowest BCUT2D eigenvalue weighted by atomic mass is 10.1. The van der Waals surface area contributed by atoms with Crippen molar-refractivity contribution in [2.75, 3.05) is 7.11 Å². The summed E-state index contributed by atoms with van der Waals surface area (Å²) < 4.78 is 15.7. The van der Waals surface area contributed by atoms with Gasteiger partial charge in [0.2, 0.25) is 11.2 Å². The first-order valence-corrected chi connectivity index (χ1v) is 8.70. The average molecular weight is 418 g/mol. The van der Waals surface area contributed by atoms with Gasteiger partial charge in [0.25, 0.3) is 0 Å². The molecule has 1 aromatic heterocycles. The highest BCUT2D eigenvalue weighted by atomic mass is 16.6. The van der Waals surface area contributed by atoms with E-state index in [0.717, 1.165) is 18.2 Å². The molecule has 10 heteroatoms. The third-order valence-electron chi connectivity index (χ3n) is 4.37. The molecule has 5 N–H and O–H groups in total. The SMILES string of the molecule is CCC(Oc1cc(O)c2c(=O)c(O)c(-c3cc(O)c(O)c(O)c3)oc2c1)C(=O)OC. The van der Waals surface area contributed by atoms with E-state index in [-0.39, 0.29) is 28.7 Å². The summed E-state index contributed by atoms with van der Waals surface area (Å²) in [6.07, 6.45) is -0.705. The van der Waals surface area contributed by atoms with Crippen LogP contribution in [0.1, 0.15) is 13.3 Å². The molecule has 0 aliphatic rings. The minimum Gasteiger partial charge on any atom is -0.507 e. The van der Waals surface area contributed by atoms with Crippen molar-refractivity contribution >= 4 is 16.9 Å². The topological polar surface area (TPSA) is 167 Å². The van der Waals surface area contributed by atoms with Gasteiger partial charge in [-0.05, 0) is 18.6 Å². The first-order chi connectivity index (χ1) is 14.2. The molecule has 0 aliphatic heterocycles. The van der Waals surface area contributed by atoms with E-state index in [4.69, 9.17) is 9.15 Å². The Balaban J connectivity index is 2.19. The third-order valence-corrected chi connectivity index (χ3v) is 4.37. The van der Waals surface area contributed by atoms with Crippen LogP contribution in [0.4, 0.5) is 0 Å². The van der Waals surface area contributed by atoms with E-state index in [0.29, 0.717) is 0 Å². The number of phenols is 4. The number of hydrogen-bond donors (Lipinski definition) is 5. The van der Waals surface area contributed by atoms with Crippen LogP contribution >= 0.6 is 0 Å².